The molecule has 0 aromatic carbocycles. The molecule has 80 valence electrons. The summed E-state index contributed by atoms with van der Waals surface area (Å²) in [7, 11) is 0. The summed E-state index contributed by atoms with van der Waals surface area (Å²) in [6.07, 6.45) is -4.16. The molecule has 1 aromatic heterocycles. The molecule has 0 bridgehead atoms. The molecular formula is C7H9F3N2O2. The molecule has 0 aliphatic carbocycles. The van der Waals surface area contributed by atoms with Crippen LogP contribution >= 0.6 is 0 Å². The molecule has 1 N–H and O–H groups in total. The number of halogens is 3. The summed E-state index contributed by atoms with van der Waals surface area (Å²) in [6, 6.07) is 0. The Morgan fingerprint density at radius 2 is 2.14 bits per heavy atom. The number of aryl methyl sites for hydroxylation is 1. The number of hydrogen-bond acceptors (Lipinski definition) is 4. The number of rotatable bonds is 3. The lowest BCUT2D eigenvalue weighted by molar-refractivity contribution is -0.255. The van der Waals surface area contributed by atoms with Crippen LogP contribution in [0.1, 0.15) is 19.2 Å². The second-order valence-corrected chi connectivity index (χ2v) is 3.11. The van der Waals surface area contributed by atoms with Crippen molar-refractivity contribution in [1.82, 2.24) is 10.1 Å². The Morgan fingerprint density at radius 1 is 1.50 bits per heavy atom. The molecule has 0 amide bonds. The highest BCUT2D eigenvalue weighted by Crippen LogP contribution is 2.33. The Hall–Kier alpha value is -1.11. The summed E-state index contributed by atoms with van der Waals surface area (Å²) in [5.41, 5.74) is -2.72. The van der Waals surface area contributed by atoms with E-state index in [9.17, 15) is 13.2 Å². The van der Waals surface area contributed by atoms with Crippen LogP contribution in [0.4, 0.5) is 13.2 Å². The number of hydrogen-bond donors (Lipinski definition) is 1. The fraction of sp³-hybridized carbons (Fsp3) is 0.714. The first-order valence-corrected chi connectivity index (χ1v) is 3.87. The van der Waals surface area contributed by atoms with Crippen molar-refractivity contribution >= 4 is 0 Å². The van der Waals surface area contributed by atoms with Gasteiger partial charge in [-0.1, -0.05) is 5.16 Å². The minimum Gasteiger partial charge on any atom is -0.381 e. The number of aliphatic hydroxyl groups is 1. The summed E-state index contributed by atoms with van der Waals surface area (Å²) < 4.78 is 40.9. The van der Waals surface area contributed by atoms with Gasteiger partial charge in [0, 0.05) is 6.42 Å². The van der Waals surface area contributed by atoms with Gasteiger partial charge in [-0.25, -0.2) is 0 Å². The van der Waals surface area contributed by atoms with E-state index in [-0.39, 0.29) is 12.3 Å². The highest BCUT2D eigenvalue weighted by atomic mass is 19.4. The number of nitrogens with zero attached hydrogens (tertiary/aromatic N) is 2. The van der Waals surface area contributed by atoms with Gasteiger partial charge in [0.2, 0.25) is 5.89 Å². The van der Waals surface area contributed by atoms with Crippen molar-refractivity contribution in [3.63, 3.8) is 0 Å². The first-order chi connectivity index (χ1) is 6.33. The highest BCUT2D eigenvalue weighted by molar-refractivity contribution is 4.86. The van der Waals surface area contributed by atoms with Crippen LogP contribution in [0.5, 0.6) is 0 Å². The van der Waals surface area contributed by atoms with E-state index in [1.165, 1.54) is 0 Å². The molecule has 0 aliphatic rings. The van der Waals surface area contributed by atoms with Gasteiger partial charge >= 0.3 is 6.18 Å². The lowest BCUT2D eigenvalue weighted by Crippen LogP contribution is -2.42. The monoisotopic (exact) mass is 210 g/mol. The molecule has 0 saturated carbocycles. The summed E-state index contributed by atoms with van der Waals surface area (Å²) >= 11 is 0. The normalized spacial score (nSPS) is 16.6. The number of alkyl halides is 3. The van der Waals surface area contributed by atoms with E-state index in [0.29, 0.717) is 6.92 Å². The predicted octanol–water partition coefficient (Wildman–Crippen LogP) is 1.32. The largest absolute Gasteiger partial charge is 0.416 e. The standard InChI is InChI=1S/C7H9F3N2O2/c1-6(13,7(8,9)10)3-2-5-11-4-12-14-5/h4,13H,2-3H2,1H3/t6-/m0/s1. The fourth-order valence-electron chi connectivity index (χ4n) is 0.798. The minimum atomic E-state index is -4.65. The van der Waals surface area contributed by atoms with Crippen LogP contribution in [0.25, 0.3) is 0 Å². The Bertz CT molecular complexity index is 282. The van der Waals surface area contributed by atoms with Gasteiger partial charge in [-0.3, -0.25) is 0 Å². The van der Waals surface area contributed by atoms with Gasteiger partial charge in [-0.05, 0) is 13.3 Å². The molecule has 1 heterocycles. The van der Waals surface area contributed by atoms with Crippen LogP contribution in [-0.2, 0) is 6.42 Å². The Morgan fingerprint density at radius 3 is 2.57 bits per heavy atom. The van der Waals surface area contributed by atoms with Crippen LogP contribution < -0.4 is 0 Å². The Labute approximate surface area is 77.7 Å². The molecule has 0 fully saturated rings. The third kappa shape index (κ3) is 2.44. The van der Waals surface area contributed by atoms with Crippen molar-refractivity contribution in [1.29, 1.82) is 0 Å². The highest BCUT2D eigenvalue weighted by Gasteiger charge is 2.49. The molecule has 4 nitrogen and oxygen atoms in total. The van der Waals surface area contributed by atoms with Crippen molar-refractivity contribution in [2.45, 2.75) is 31.5 Å². The van der Waals surface area contributed by atoms with Crippen LogP contribution in [0.3, 0.4) is 0 Å². The predicted molar refractivity (Wildman–Crippen MR) is 39.3 cm³/mol. The molecule has 0 saturated heterocycles. The van der Waals surface area contributed by atoms with E-state index in [2.05, 4.69) is 14.7 Å². The molecule has 0 aliphatic heterocycles. The van der Waals surface area contributed by atoms with Gasteiger partial charge < -0.3 is 9.63 Å². The molecule has 7 heteroatoms. The summed E-state index contributed by atoms with van der Waals surface area (Å²) in [4.78, 5) is 3.55. The van der Waals surface area contributed by atoms with E-state index in [1.54, 1.807) is 0 Å². The SMILES string of the molecule is C[C@](O)(CCc1ncno1)C(F)(F)F. The van der Waals surface area contributed by atoms with Gasteiger partial charge in [0.15, 0.2) is 11.9 Å². The first kappa shape index (κ1) is 11.0. The first-order valence-electron chi connectivity index (χ1n) is 3.87. The topological polar surface area (TPSA) is 59.2 Å². The van der Waals surface area contributed by atoms with Gasteiger partial charge in [0.1, 0.15) is 0 Å². The van der Waals surface area contributed by atoms with Crippen molar-refractivity contribution in [2.24, 2.45) is 0 Å². The maximum absolute atomic E-state index is 12.1. The van der Waals surface area contributed by atoms with E-state index >= 15 is 0 Å². The van der Waals surface area contributed by atoms with E-state index in [4.69, 9.17) is 5.11 Å². The van der Waals surface area contributed by atoms with Crippen LogP contribution in [0, 0.1) is 0 Å². The zero-order chi connectivity index (χ0) is 10.8. The van der Waals surface area contributed by atoms with E-state index < -0.39 is 18.2 Å². The van der Waals surface area contributed by atoms with E-state index in [0.717, 1.165) is 6.33 Å². The molecule has 1 atom stereocenters. The van der Waals surface area contributed by atoms with Crippen molar-refractivity contribution in [3.05, 3.63) is 12.2 Å². The van der Waals surface area contributed by atoms with Gasteiger partial charge in [-0.15, -0.1) is 0 Å². The second kappa shape index (κ2) is 3.56. The molecular weight excluding hydrogens is 201 g/mol. The smallest absolute Gasteiger partial charge is 0.381 e. The zero-order valence-electron chi connectivity index (χ0n) is 7.38. The average molecular weight is 210 g/mol. The fourth-order valence-corrected chi connectivity index (χ4v) is 0.798. The van der Waals surface area contributed by atoms with Gasteiger partial charge in [0.05, 0.1) is 0 Å². The lowest BCUT2D eigenvalue weighted by atomic mass is 10.00. The second-order valence-electron chi connectivity index (χ2n) is 3.11. The van der Waals surface area contributed by atoms with Crippen LogP contribution in [-0.4, -0.2) is 27.0 Å². The molecule has 0 spiro atoms. The lowest BCUT2D eigenvalue weighted by Gasteiger charge is -2.25. The summed E-state index contributed by atoms with van der Waals surface area (Å²) in [5.74, 6) is 0.0783. The maximum Gasteiger partial charge on any atom is 0.416 e. The van der Waals surface area contributed by atoms with Crippen molar-refractivity contribution < 1.29 is 22.8 Å². The van der Waals surface area contributed by atoms with Crippen molar-refractivity contribution in [2.75, 3.05) is 0 Å². The third-order valence-electron chi connectivity index (χ3n) is 1.84. The molecule has 1 aromatic rings. The van der Waals surface area contributed by atoms with Crippen LogP contribution in [0.15, 0.2) is 10.9 Å². The number of aromatic nitrogens is 2. The van der Waals surface area contributed by atoms with E-state index in [1.807, 2.05) is 0 Å². The summed E-state index contributed by atoms with van der Waals surface area (Å²) in [5, 5.41) is 12.3. The van der Waals surface area contributed by atoms with Crippen LogP contribution in [0.2, 0.25) is 0 Å². The van der Waals surface area contributed by atoms with Gasteiger partial charge in [-0.2, -0.15) is 18.2 Å². The quantitative estimate of drug-likeness (QED) is 0.817. The molecule has 14 heavy (non-hydrogen) atoms. The molecule has 1 rings (SSSR count). The van der Waals surface area contributed by atoms with Gasteiger partial charge in [0.25, 0.3) is 0 Å². The average Bonchev–Trinajstić information content (AvgIpc) is 2.50. The minimum absolute atomic E-state index is 0.0783. The zero-order valence-corrected chi connectivity index (χ0v) is 7.38. The van der Waals surface area contributed by atoms with Crippen molar-refractivity contribution in [3.8, 4) is 0 Å². The Balaban J connectivity index is 2.53. The third-order valence-corrected chi connectivity index (χ3v) is 1.84. The maximum atomic E-state index is 12.1. The molecule has 0 unspecified atom stereocenters. The summed E-state index contributed by atoms with van der Waals surface area (Å²) in [6.45, 7) is 0.712. The molecule has 0 radical (unpaired) electrons. The Kier molecular flexibility index (Phi) is 2.79.